The summed E-state index contributed by atoms with van der Waals surface area (Å²) in [6.45, 7) is -1.28. The molecule has 1 aliphatic rings. The number of rotatable bonds is 4. The Hall–Kier alpha value is -2.67. The summed E-state index contributed by atoms with van der Waals surface area (Å²) in [4.78, 5) is 28.3. The van der Waals surface area contributed by atoms with E-state index in [2.05, 4.69) is 4.74 Å². The van der Waals surface area contributed by atoms with Gasteiger partial charge in [0.2, 0.25) is 0 Å². The Labute approximate surface area is 160 Å². The van der Waals surface area contributed by atoms with Crippen LogP contribution in [0.2, 0.25) is 5.02 Å². The first-order valence-corrected chi connectivity index (χ1v) is 8.71. The molecule has 142 valence electrons. The monoisotopic (exact) mass is 394 g/mol. The largest absolute Gasteiger partial charge is 0.435 e. The van der Waals surface area contributed by atoms with E-state index < -0.39 is 6.61 Å². The molecular formula is C19H17ClF2N2O3. The smallest absolute Gasteiger partial charge is 0.387 e. The number of alkyl halides is 2. The van der Waals surface area contributed by atoms with Gasteiger partial charge in [0.05, 0.1) is 0 Å². The topological polar surface area (TPSA) is 49.9 Å². The third kappa shape index (κ3) is 4.74. The maximum absolute atomic E-state index is 12.5. The molecule has 1 saturated heterocycles. The van der Waals surface area contributed by atoms with Gasteiger partial charge in [0, 0.05) is 42.3 Å². The fraction of sp³-hybridized carbons (Fsp3) is 0.263. The van der Waals surface area contributed by atoms with Crippen molar-refractivity contribution < 1.29 is 23.1 Å². The Bertz CT molecular complexity index is 805. The van der Waals surface area contributed by atoms with Crippen LogP contribution in [0.15, 0.2) is 48.5 Å². The predicted octanol–water partition coefficient (Wildman–Crippen LogP) is 3.54. The average Bonchev–Trinajstić information content (AvgIpc) is 2.68. The van der Waals surface area contributed by atoms with Crippen LogP contribution in [-0.4, -0.2) is 54.4 Å². The number of ether oxygens (including phenoxy) is 1. The van der Waals surface area contributed by atoms with Gasteiger partial charge in [0.15, 0.2) is 0 Å². The van der Waals surface area contributed by atoms with E-state index in [1.165, 1.54) is 24.3 Å². The molecule has 0 aliphatic carbocycles. The molecule has 8 heteroatoms. The van der Waals surface area contributed by atoms with Crippen LogP contribution in [0.25, 0.3) is 0 Å². The first-order chi connectivity index (χ1) is 12.9. The maximum atomic E-state index is 12.5. The van der Waals surface area contributed by atoms with Crippen molar-refractivity contribution in [1.82, 2.24) is 9.80 Å². The minimum Gasteiger partial charge on any atom is -0.435 e. The molecule has 0 unspecified atom stereocenters. The summed E-state index contributed by atoms with van der Waals surface area (Å²) >= 11 is 5.83. The van der Waals surface area contributed by atoms with Crippen molar-refractivity contribution >= 4 is 23.4 Å². The minimum absolute atomic E-state index is 0.0000644. The molecule has 0 aromatic heterocycles. The molecular weight excluding hydrogens is 378 g/mol. The van der Waals surface area contributed by atoms with Gasteiger partial charge in [-0.3, -0.25) is 9.59 Å². The van der Waals surface area contributed by atoms with Gasteiger partial charge in [0.25, 0.3) is 11.8 Å². The van der Waals surface area contributed by atoms with Crippen LogP contribution in [0, 0.1) is 0 Å². The second-order valence-electron chi connectivity index (χ2n) is 5.99. The number of piperazine rings is 1. The van der Waals surface area contributed by atoms with Crippen LogP contribution < -0.4 is 4.74 Å². The van der Waals surface area contributed by atoms with Gasteiger partial charge in [0.1, 0.15) is 5.75 Å². The molecule has 0 atom stereocenters. The van der Waals surface area contributed by atoms with Gasteiger partial charge in [-0.15, -0.1) is 0 Å². The number of hydrogen-bond donors (Lipinski definition) is 0. The molecule has 0 bridgehead atoms. The summed E-state index contributed by atoms with van der Waals surface area (Å²) in [5.74, 6) is -0.315. The number of nitrogens with zero attached hydrogens (tertiary/aromatic N) is 2. The Kier molecular flexibility index (Phi) is 5.91. The SMILES string of the molecule is O=C(c1ccc(Cl)cc1)N1CCN(C(=O)c2ccc(OC(F)F)cc2)CC1. The van der Waals surface area contributed by atoms with E-state index in [1.54, 1.807) is 34.1 Å². The van der Waals surface area contributed by atoms with Gasteiger partial charge in [-0.1, -0.05) is 11.6 Å². The molecule has 0 saturated carbocycles. The lowest BCUT2D eigenvalue weighted by Crippen LogP contribution is -2.50. The highest BCUT2D eigenvalue weighted by Crippen LogP contribution is 2.18. The summed E-state index contributed by atoms with van der Waals surface area (Å²) < 4.78 is 28.6. The van der Waals surface area contributed by atoms with Crippen LogP contribution in [-0.2, 0) is 0 Å². The molecule has 0 spiro atoms. The lowest BCUT2D eigenvalue weighted by atomic mass is 10.1. The van der Waals surface area contributed by atoms with Crippen LogP contribution in [0.1, 0.15) is 20.7 Å². The molecule has 3 rings (SSSR count). The highest BCUT2D eigenvalue weighted by molar-refractivity contribution is 6.30. The predicted molar refractivity (Wildman–Crippen MR) is 96.3 cm³/mol. The summed E-state index contributed by atoms with van der Waals surface area (Å²) in [7, 11) is 0. The first-order valence-electron chi connectivity index (χ1n) is 8.33. The van der Waals surface area contributed by atoms with Crippen LogP contribution in [0.3, 0.4) is 0 Å². The molecule has 1 heterocycles. The lowest BCUT2D eigenvalue weighted by molar-refractivity contribution is -0.0498. The molecule has 27 heavy (non-hydrogen) atoms. The number of carbonyl (C=O) groups is 2. The normalized spacial score (nSPS) is 14.4. The Morgan fingerprint density at radius 3 is 1.63 bits per heavy atom. The third-order valence-electron chi connectivity index (χ3n) is 4.27. The molecule has 5 nitrogen and oxygen atoms in total. The number of hydrogen-bond acceptors (Lipinski definition) is 3. The van der Waals surface area contributed by atoms with E-state index in [1.807, 2.05) is 0 Å². The third-order valence-corrected chi connectivity index (χ3v) is 4.52. The standard InChI is InChI=1S/C19H17ClF2N2O3/c20-15-5-1-13(2-6-15)17(25)23-9-11-24(12-10-23)18(26)14-3-7-16(8-4-14)27-19(21)22/h1-8,19H,9-12H2. The fourth-order valence-corrected chi connectivity index (χ4v) is 2.98. The molecule has 1 fully saturated rings. The van der Waals surface area contributed by atoms with Gasteiger partial charge < -0.3 is 14.5 Å². The second kappa shape index (κ2) is 8.35. The molecule has 1 aliphatic heterocycles. The zero-order valence-electron chi connectivity index (χ0n) is 14.3. The summed E-state index contributed by atoms with van der Waals surface area (Å²) in [5, 5.41) is 0.562. The Morgan fingerprint density at radius 2 is 1.22 bits per heavy atom. The van der Waals surface area contributed by atoms with Crippen molar-refractivity contribution in [1.29, 1.82) is 0 Å². The zero-order chi connectivity index (χ0) is 19.4. The Balaban J connectivity index is 1.57. The van der Waals surface area contributed by atoms with E-state index >= 15 is 0 Å². The summed E-state index contributed by atoms with van der Waals surface area (Å²) in [6.07, 6.45) is 0. The quantitative estimate of drug-likeness (QED) is 0.797. The number of carbonyl (C=O) groups excluding carboxylic acids is 2. The number of halogens is 3. The summed E-state index contributed by atoms with van der Waals surface area (Å²) in [5.41, 5.74) is 0.933. The Morgan fingerprint density at radius 1 is 0.815 bits per heavy atom. The highest BCUT2D eigenvalue weighted by Gasteiger charge is 2.25. The molecule has 2 aromatic carbocycles. The summed E-state index contributed by atoms with van der Waals surface area (Å²) in [6, 6.07) is 12.2. The molecule has 2 amide bonds. The van der Waals surface area contributed by atoms with Gasteiger partial charge >= 0.3 is 6.61 Å². The van der Waals surface area contributed by atoms with Gasteiger partial charge in [-0.05, 0) is 48.5 Å². The lowest BCUT2D eigenvalue weighted by Gasteiger charge is -2.35. The molecule has 2 aromatic rings. The van der Waals surface area contributed by atoms with E-state index in [0.29, 0.717) is 42.3 Å². The first kappa shape index (κ1) is 19.1. The van der Waals surface area contributed by atoms with Crippen LogP contribution in [0.5, 0.6) is 5.75 Å². The van der Waals surface area contributed by atoms with Crippen molar-refractivity contribution in [2.45, 2.75) is 6.61 Å². The number of benzene rings is 2. The second-order valence-corrected chi connectivity index (χ2v) is 6.43. The van der Waals surface area contributed by atoms with Crippen molar-refractivity contribution in [3.8, 4) is 5.75 Å². The van der Waals surface area contributed by atoms with E-state index in [4.69, 9.17) is 11.6 Å². The fourth-order valence-electron chi connectivity index (χ4n) is 2.85. The van der Waals surface area contributed by atoms with Gasteiger partial charge in [-0.25, -0.2) is 0 Å². The van der Waals surface area contributed by atoms with Crippen LogP contribution in [0.4, 0.5) is 8.78 Å². The van der Waals surface area contributed by atoms with E-state index in [-0.39, 0.29) is 17.6 Å². The zero-order valence-corrected chi connectivity index (χ0v) is 15.0. The van der Waals surface area contributed by atoms with Crippen LogP contribution >= 0.6 is 11.6 Å². The van der Waals surface area contributed by atoms with E-state index in [0.717, 1.165) is 0 Å². The van der Waals surface area contributed by atoms with Gasteiger partial charge in [-0.2, -0.15) is 8.78 Å². The van der Waals surface area contributed by atoms with Crippen molar-refractivity contribution in [3.63, 3.8) is 0 Å². The molecule has 0 radical (unpaired) electrons. The van der Waals surface area contributed by atoms with Crippen molar-refractivity contribution in [2.24, 2.45) is 0 Å². The van der Waals surface area contributed by atoms with Crippen molar-refractivity contribution in [3.05, 3.63) is 64.7 Å². The number of amides is 2. The molecule has 0 N–H and O–H groups in total. The maximum Gasteiger partial charge on any atom is 0.387 e. The van der Waals surface area contributed by atoms with Crippen molar-refractivity contribution in [2.75, 3.05) is 26.2 Å². The highest BCUT2D eigenvalue weighted by atomic mass is 35.5. The van der Waals surface area contributed by atoms with E-state index in [9.17, 15) is 18.4 Å². The minimum atomic E-state index is -2.90. The average molecular weight is 395 g/mol.